The number of amides is 3. The minimum absolute atomic E-state index is 0.0586. The van der Waals surface area contributed by atoms with E-state index in [1.54, 1.807) is 19.1 Å². The predicted octanol–water partition coefficient (Wildman–Crippen LogP) is 4.72. The third-order valence-electron chi connectivity index (χ3n) is 3.95. The minimum atomic E-state index is -0.579. The average Bonchev–Trinajstić information content (AvgIpc) is 2.95. The number of hydrogen-bond acceptors (Lipinski definition) is 6. The molecule has 0 saturated carbocycles. The van der Waals surface area contributed by atoms with Gasteiger partial charge in [0.25, 0.3) is 11.1 Å². The summed E-state index contributed by atoms with van der Waals surface area (Å²) in [5.74, 6) is -1.08. The number of carbonyl (C=O) groups is 3. The number of ether oxygens (including phenoxy) is 1. The van der Waals surface area contributed by atoms with Gasteiger partial charge < -0.3 is 15.2 Å². The summed E-state index contributed by atoms with van der Waals surface area (Å²) in [5, 5.41) is 12.1. The second kappa shape index (κ2) is 9.71. The molecule has 0 atom stereocenters. The lowest BCUT2D eigenvalue weighted by atomic mass is 10.2. The second-order valence-corrected chi connectivity index (χ2v) is 8.75. The van der Waals surface area contributed by atoms with E-state index < -0.39 is 23.6 Å². The molecule has 3 rings (SSSR count). The maximum atomic E-state index is 12.6. The van der Waals surface area contributed by atoms with Crippen LogP contribution in [0.1, 0.15) is 12.5 Å². The molecule has 0 spiro atoms. The first-order valence-corrected chi connectivity index (χ1v) is 11.0. The second-order valence-electron chi connectivity index (χ2n) is 6.11. The largest absolute Gasteiger partial charge is 0.503 e. The molecule has 3 amide bonds. The van der Waals surface area contributed by atoms with E-state index >= 15 is 0 Å². The quantitative estimate of drug-likeness (QED) is 0.393. The van der Waals surface area contributed by atoms with E-state index in [0.29, 0.717) is 17.9 Å². The Kier molecular flexibility index (Phi) is 7.27. The maximum absolute atomic E-state index is 12.6. The molecule has 0 radical (unpaired) electrons. The first-order chi connectivity index (χ1) is 14.3. The SMILES string of the molecule is CCOc1cc(/C=C2\SC(=O)N(CC(=O)Nc3ccc(I)cc3)C2=O)cc(Cl)c1O. The van der Waals surface area contributed by atoms with E-state index in [-0.39, 0.29) is 21.4 Å². The summed E-state index contributed by atoms with van der Waals surface area (Å²) < 4.78 is 6.34. The Hall–Kier alpha value is -2.24. The van der Waals surface area contributed by atoms with E-state index in [4.69, 9.17) is 16.3 Å². The van der Waals surface area contributed by atoms with Crippen molar-refractivity contribution in [1.29, 1.82) is 0 Å². The molecule has 0 aromatic heterocycles. The first kappa shape index (κ1) is 22.4. The molecule has 1 saturated heterocycles. The Labute approximate surface area is 195 Å². The molecule has 30 heavy (non-hydrogen) atoms. The summed E-state index contributed by atoms with van der Waals surface area (Å²) in [6.07, 6.45) is 1.47. The molecule has 0 unspecified atom stereocenters. The summed E-state index contributed by atoms with van der Waals surface area (Å²) in [4.78, 5) is 38.2. The van der Waals surface area contributed by atoms with Crippen LogP contribution in [0.2, 0.25) is 5.02 Å². The number of hydrogen-bond donors (Lipinski definition) is 2. The Morgan fingerprint density at radius 1 is 1.30 bits per heavy atom. The maximum Gasteiger partial charge on any atom is 0.294 e. The zero-order chi connectivity index (χ0) is 21.8. The number of carbonyl (C=O) groups excluding carboxylic acids is 3. The number of aromatic hydroxyl groups is 1. The van der Waals surface area contributed by atoms with Gasteiger partial charge in [0.1, 0.15) is 6.54 Å². The van der Waals surface area contributed by atoms with Gasteiger partial charge in [-0.15, -0.1) is 0 Å². The Morgan fingerprint density at radius 2 is 2.00 bits per heavy atom. The topological polar surface area (TPSA) is 95.9 Å². The minimum Gasteiger partial charge on any atom is -0.503 e. The van der Waals surface area contributed by atoms with Crippen LogP contribution in [-0.4, -0.2) is 40.2 Å². The fraction of sp³-hybridized carbons (Fsp3) is 0.150. The fourth-order valence-electron chi connectivity index (χ4n) is 2.61. The summed E-state index contributed by atoms with van der Waals surface area (Å²) in [6.45, 7) is 1.68. The number of anilines is 1. The highest BCUT2D eigenvalue weighted by atomic mass is 127. The molecule has 1 heterocycles. The zero-order valence-corrected chi connectivity index (χ0v) is 19.4. The molecule has 2 aromatic carbocycles. The van der Waals surface area contributed by atoms with Gasteiger partial charge in [0.15, 0.2) is 11.5 Å². The molecule has 2 N–H and O–H groups in total. The van der Waals surface area contributed by atoms with Crippen molar-refractivity contribution in [1.82, 2.24) is 4.90 Å². The number of thioether (sulfide) groups is 1. The van der Waals surface area contributed by atoms with Gasteiger partial charge in [0, 0.05) is 9.26 Å². The third-order valence-corrected chi connectivity index (χ3v) is 5.87. The molecule has 10 heteroatoms. The number of halogens is 2. The van der Waals surface area contributed by atoms with E-state index in [9.17, 15) is 19.5 Å². The van der Waals surface area contributed by atoms with Crippen LogP contribution in [-0.2, 0) is 9.59 Å². The number of phenolic OH excluding ortho intramolecular Hbond substituents is 1. The van der Waals surface area contributed by atoms with E-state index in [1.165, 1.54) is 18.2 Å². The molecule has 1 fully saturated rings. The number of nitrogens with zero attached hydrogens (tertiary/aromatic N) is 1. The molecule has 0 bridgehead atoms. The fourth-order valence-corrected chi connectivity index (χ4v) is 4.02. The molecular formula is C20H16ClIN2O5S. The van der Waals surface area contributed by atoms with Gasteiger partial charge in [0.2, 0.25) is 5.91 Å². The molecule has 0 aliphatic carbocycles. The van der Waals surface area contributed by atoms with Crippen LogP contribution in [0.25, 0.3) is 6.08 Å². The summed E-state index contributed by atoms with van der Waals surface area (Å²) in [7, 11) is 0. The van der Waals surface area contributed by atoms with Crippen molar-refractivity contribution in [3.8, 4) is 11.5 Å². The number of imide groups is 1. The highest BCUT2D eigenvalue weighted by Crippen LogP contribution is 2.38. The van der Waals surface area contributed by atoms with Gasteiger partial charge in [-0.3, -0.25) is 19.3 Å². The molecule has 7 nitrogen and oxygen atoms in total. The highest BCUT2D eigenvalue weighted by molar-refractivity contribution is 14.1. The van der Waals surface area contributed by atoms with Gasteiger partial charge in [0.05, 0.1) is 16.5 Å². The summed E-state index contributed by atoms with van der Waals surface area (Å²) >= 11 is 8.88. The number of benzene rings is 2. The average molecular weight is 559 g/mol. The van der Waals surface area contributed by atoms with Crippen molar-refractivity contribution in [2.45, 2.75) is 6.92 Å². The van der Waals surface area contributed by atoms with Crippen LogP contribution in [0.15, 0.2) is 41.3 Å². The van der Waals surface area contributed by atoms with Crippen molar-refractivity contribution >= 4 is 74.8 Å². The lowest BCUT2D eigenvalue weighted by molar-refractivity contribution is -0.127. The van der Waals surface area contributed by atoms with Crippen LogP contribution < -0.4 is 10.1 Å². The first-order valence-electron chi connectivity index (χ1n) is 8.74. The van der Waals surface area contributed by atoms with E-state index in [2.05, 4.69) is 27.9 Å². The molecule has 1 aliphatic rings. The van der Waals surface area contributed by atoms with E-state index in [1.807, 2.05) is 12.1 Å². The van der Waals surface area contributed by atoms with Crippen molar-refractivity contribution < 1.29 is 24.2 Å². The van der Waals surface area contributed by atoms with Crippen LogP contribution in [0, 0.1) is 3.57 Å². The van der Waals surface area contributed by atoms with E-state index in [0.717, 1.165) is 20.2 Å². The summed E-state index contributed by atoms with van der Waals surface area (Å²) in [6, 6.07) is 10.1. The van der Waals surface area contributed by atoms with Crippen LogP contribution in [0.4, 0.5) is 10.5 Å². The number of nitrogens with one attached hydrogen (secondary N) is 1. The van der Waals surface area contributed by atoms with Gasteiger partial charge in [-0.05, 0) is 89.3 Å². The monoisotopic (exact) mass is 558 g/mol. The Bertz CT molecular complexity index is 1040. The molecule has 156 valence electrons. The Morgan fingerprint density at radius 3 is 2.67 bits per heavy atom. The highest BCUT2D eigenvalue weighted by Gasteiger charge is 2.36. The normalized spacial score (nSPS) is 15.0. The molecular weight excluding hydrogens is 543 g/mol. The van der Waals surface area contributed by atoms with Crippen molar-refractivity contribution in [2.75, 3.05) is 18.5 Å². The standard InChI is InChI=1S/C20H16ClIN2O5S/c1-2-29-15-8-11(7-14(21)18(15)26)9-16-19(27)24(20(28)30-16)10-17(25)23-13-5-3-12(22)4-6-13/h3-9,26H,2,10H2,1H3,(H,23,25)/b16-9-. The van der Waals surface area contributed by atoms with Crippen molar-refractivity contribution in [2.24, 2.45) is 0 Å². The van der Waals surface area contributed by atoms with Crippen LogP contribution in [0.5, 0.6) is 11.5 Å². The lowest BCUT2D eigenvalue weighted by Gasteiger charge is -2.12. The van der Waals surface area contributed by atoms with Crippen LogP contribution >= 0.6 is 46.0 Å². The molecule has 2 aromatic rings. The van der Waals surface area contributed by atoms with Crippen LogP contribution in [0.3, 0.4) is 0 Å². The number of phenols is 1. The molecule has 1 aliphatic heterocycles. The van der Waals surface area contributed by atoms with Gasteiger partial charge >= 0.3 is 0 Å². The zero-order valence-electron chi connectivity index (χ0n) is 15.6. The van der Waals surface area contributed by atoms with Gasteiger partial charge in [-0.2, -0.15) is 0 Å². The lowest BCUT2D eigenvalue weighted by Crippen LogP contribution is -2.36. The predicted molar refractivity (Wildman–Crippen MR) is 125 cm³/mol. The van der Waals surface area contributed by atoms with Crippen molar-refractivity contribution in [3.63, 3.8) is 0 Å². The van der Waals surface area contributed by atoms with Gasteiger partial charge in [-0.25, -0.2) is 0 Å². The number of rotatable bonds is 6. The van der Waals surface area contributed by atoms with Gasteiger partial charge in [-0.1, -0.05) is 11.6 Å². The van der Waals surface area contributed by atoms with Crippen molar-refractivity contribution in [3.05, 3.63) is 55.5 Å². The smallest absolute Gasteiger partial charge is 0.294 e. The third kappa shape index (κ3) is 5.27. The Balaban J connectivity index is 1.74. The summed E-state index contributed by atoms with van der Waals surface area (Å²) in [5.41, 5.74) is 1.06.